The number of halogens is 1. The van der Waals surface area contributed by atoms with Gasteiger partial charge in [0.15, 0.2) is 11.0 Å². The van der Waals surface area contributed by atoms with Gasteiger partial charge in [0, 0.05) is 37.4 Å². The second-order valence-corrected chi connectivity index (χ2v) is 6.89. The average molecular weight is 412 g/mol. The third-order valence-electron chi connectivity index (χ3n) is 3.47. The van der Waals surface area contributed by atoms with E-state index in [0.717, 1.165) is 12.0 Å². The van der Waals surface area contributed by atoms with Crippen LogP contribution in [0, 0.1) is 0 Å². The average Bonchev–Trinajstić information content (AvgIpc) is 3.04. The molecule has 0 fully saturated rings. The van der Waals surface area contributed by atoms with Crippen LogP contribution in [0.25, 0.3) is 11.4 Å². The fourth-order valence-electron chi connectivity index (χ4n) is 2.27. The van der Waals surface area contributed by atoms with E-state index in [-0.39, 0.29) is 5.75 Å². The number of amides is 3. The van der Waals surface area contributed by atoms with Gasteiger partial charge in [0.05, 0.1) is 5.75 Å². The monoisotopic (exact) mass is 411 g/mol. The van der Waals surface area contributed by atoms with E-state index in [1.807, 2.05) is 16.7 Å². The molecule has 10 heteroatoms. The second kappa shape index (κ2) is 10.9. The van der Waals surface area contributed by atoms with Crippen LogP contribution in [-0.4, -0.2) is 52.7 Å². The number of ether oxygens (including phenoxy) is 1. The molecule has 0 unspecified atom stereocenters. The summed E-state index contributed by atoms with van der Waals surface area (Å²) in [7, 11) is 1.65. The summed E-state index contributed by atoms with van der Waals surface area (Å²) in [5.74, 6) is 0.347. The van der Waals surface area contributed by atoms with Crippen LogP contribution in [0.2, 0.25) is 5.02 Å². The Morgan fingerprint density at radius 3 is 2.67 bits per heavy atom. The Morgan fingerprint density at radius 1 is 1.26 bits per heavy atom. The first-order chi connectivity index (χ1) is 13.0. The number of urea groups is 1. The third kappa shape index (κ3) is 6.53. The van der Waals surface area contributed by atoms with Crippen molar-refractivity contribution >= 4 is 35.3 Å². The van der Waals surface area contributed by atoms with Crippen molar-refractivity contribution in [1.82, 2.24) is 25.4 Å². The number of carbonyl (C=O) groups is 2. The molecule has 8 nitrogen and oxygen atoms in total. The quantitative estimate of drug-likeness (QED) is 0.486. The summed E-state index contributed by atoms with van der Waals surface area (Å²) in [6, 6.07) is 6.81. The van der Waals surface area contributed by atoms with Gasteiger partial charge in [0.2, 0.25) is 5.91 Å². The number of thioether (sulfide) groups is 1. The Balaban J connectivity index is 2.11. The van der Waals surface area contributed by atoms with Crippen LogP contribution < -0.4 is 10.6 Å². The maximum absolute atomic E-state index is 11.9. The summed E-state index contributed by atoms with van der Waals surface area (Å²) in [5.41, 5.74) is 0.878. The molecule has 1 aromatic heterocycles. The van der Waals surface area contributed by atoms with Gasteiger partial charge in [-0.05, 0) is 37.6 Å². The molecule has 0 aliphatic carbocycles. The topological polar surface area (TPSA) is 98.1 Å². The van der Waals surface area contributed by atoms with Crippen LogP contribution in [0.4, 0.5) is 4.79 Å². The van der Waals surface area contributed by atoms with Crippen LogP contribution in [-0.2, 0) is 16.1 Å². The Bertz CT molecular complexity index is 766. The molecule has 1 heterocycles. The van der Waals surface area contributed by atoms with Crippen molar-refractivity contribution in [3.63, 3.8) is 0 Å². The third-order valence-corrected chi connectivity index (χ3v) is 4.69. The molecule has 0 bridgehead atoms. The molecule has 0 spiro atoms. The summed E-state index contributed by atoms with van der Waals surface area (Å²) in [5, 5.41) is 14.5. The molecule has 0 aliphatic rings. The first-order valence-electron chi connectivity index (χ1n) is 8.43. The SMILES string of the molecule is CCNC(=O)NC(=O)CSc1nnc(-c2ccc(Cl)cc2)n1CCCOC. The zero-order valence-electron chi connectivity index (χ0n) is 15.2. The van der Waals surface area contributed by atoms with E-state index in [1.54, 1.807) is 26.2 Å². The molecular formula is C17H22ClN5O3S. The van der Waals surface area contributed by atoms with Gasteiger partial charge in [0.1, 0.15) is 0 Å². The fraction of sp³-hybridized carbons (Fsp3) is 0.412. The summed E-state index contributed by atoms with van der Waals surface area (Å²) < 4.78 is 7.06. The molecule has 0 radical (unpaired) electrons. The largest absolute Gasteiger partial charge is 0.385 e. The van der Waals surface area contributed by atoms with Gasteiger partial charge < -0.3 is 14.6 Å². The number of aromatic nitrogens is 3. The number of hydrogen-bond acceptors (Lipinski definition) is 6. The van der Waals surface area contributed by atoms with Crippen molar-refractivity contribution in [2.75, 3.05) is 26.0 Å². The lowest BCUT2D eigenvalue weighted by Gasteiger charge is -2.10. The van der Waals surface area contributed by atoms with Crippen LogP contribution in [0.3, 0.4) is 0 Å². The summed E-state index contributed by atoms with van der Waals surface area (Å²) in [4.78, 5) is 23.3. The molecular weight excluding hydrogens is 390 g/mol. The van der Waals surface area contributed by atoms with E-state index in [4.69, 9.17) is 16.3 Å². The number of rotatable bonds is 9. The van der Waals surface area contributed by atoms with E-state index in [0.29, 0.717) is 35.7 Å². The number of methoxy groups -OCH3 is 1. The van der Waals surface area contributed by atoms with Crippen molar-refractivity contribution in [2.45, 2.75) is 25.0 Å². The van der Waals surface area contributed by atoms with E-state index in [1.165, 1.54) is 11.8 Å². The summed E-state index contributed by atoms with van der Waals surface area (Å²) in [6.45, 7) is 3.46. The first kappa shape index (κ1) is 21.2. The van der Waals surface area contributed by atoms with Crippen LogP contribution >= 0.6 is 23.4 Å². The molecule has 0 saturated carbocycles. The zero-order chi connectivity index (χ0) is 19.6. The van der Waals surface area contributed by atoms with Crippen molar-refractivity contribution in [1.29, 1.82) is 0 Å². The van der Waals surface area contributed by atoms with Gasteiger partial charge in [-0.1, -0.05) is 23.4 Å². The predicted molar refractivity (Wildman–Crippen MR) is 105 cm³/mol. The highest BCUT2D eigenvalue weighted by Gasteiger charge is 2.16. The van der Waals surface area contributed by atoms with Crippen molar-refractivity contribution < 1.29 is 14.3 Å². The minimum atomic E-state index is -0.508. The zero-order valence-corrected chi connectivity index (χ0v) is 16.8. The Kier molecular flexibility index (Phi) is 8.56. The summed E-state index contributed by atoms with van der Waals surface area (Å²) in [6.07, 6.45) is 0.772. The normalized spacial score (nSPS) is 10.6. The number of nitrogens with one attached hydrogen (secondary N) is 2. The molecule has 0 atom stereocenters. The highest BCUT2D eigenvalue weighted by molar-refractivity contribution is 7.99. The second-order valence-electron chi connectivity index (χ2n) is 5.51. The number of carbonyl (C=O) groups excluding carboxylic acids is 2. The van der Waals surface area contributed by atoms with Gasteiger partial charge in [-0.25, -0.2) is 4.79 Å². The van der Waals surface area contributed by atoms with E-state index >= 15 is 0 Å². The Labute approximate surface area is 167 Å². The van der Waals surface area contributed by atoms with Gasteiger partial charge in [-0.2, -0.15) is 0 Å². The Morgan fingerprint density at radius 2 is 2.00 bits per heavy atom. The van der Waals surface area contributed by atoms with Crippen molar-refractivity contribution in [3.05, 3.63) is 29.3 Å². The standard InChI is InChI=1S/C17H22ClN5O3S/c1-3-19-16(25)20-14(24)11-27-17-22-21-15(23(17)9-4-10-26-2)12-5-7-13(18)8-6-12/h5-8H,3-4,9-11H2,1-2H3,(H2,19,20,24,25). The maximum Gasteiger partial charge on any atom is 0.321 e. The Hall–Kier alpha value is -2.10. The predicted octanol–water partition coefficient (Wildman–Crippen LogP) is 2.57. The van der Waals surface area contributed by atoms with Gasteiger partial charge in [-0.15, -0.1) is 10.2 Å². The van der Waals surface area contributed by atoms with E-state index < -0.39 is 11.9 Å². The number of hydrogen-bond donors (Lipinski definition) is 2. The molecule has 3 amide bonds. The van der Waals surface area contributed by atoms with Crippen molar-refractivity contribution in [3.8, 4) is 11.4 Å². The lowest BCUT2D eigenvalue weighted by Crippen LogP contribution is -2.40. The molecule has 27 heavy (non-hydrogen) atoms. The lowest BCUT2D eigenvalue weighted by atomic mass is 10.2. The highest BCUT2D eigenvalue weighted by Crippen LogP contribution is 2.25. The summed E-state index contributed by atoms with van der Waals surface area (Å²) >= 11 is 7.18. The first-order valence-corrected chi connectivity index (χ1v) is 9.80. The van der Waals surface area contributed by atoms with E-state index in [9.17, 15) is 9.59 Å². The van der Waals surface area contributed by atoms with Crippen LogP contribution in [0.5, 0.6) is 0 Å². The molecule has 2 N–H and O–H groups in total. The molecule has 146 valence electrons. The molecule has 1 aromatic carbocycles. The van der Waals surface area contributed by atoms with Gasteiger partial charge >= 0.3 is 6.03 Å². The number of imide groups is 1. The van der Waals surface area contributed by atoms with Crippen LogP contribution in [0.15, 0.2) is 29.4 Å². The highest BCUT2D eigenvalue weighted by atomic mass is 35.5. The molecule has 0 aliphatic heterocycles. The molecule has 0 saturated heterocycles. The smallest absolute Gasteiger partial charge is 0.321 e. The van der Waals surface area contributed by atoms with Gasteiger partial charge in [-0.3, -0.25) is 10.1 Å². The van der Waals surface area contributed by atoms with Crippen molar-refractivity contribution in [2.24, 2.45) is 0 Å². The minimum absolute atomic E-state index is 0.0557. The number of benzene rings is 1. The maximum atomic E-state index is 11.9. The minimum Gasteiger partial charge on any atom is -0.385 e. The van der Waals surface area contributed by atoms with Crippen LogP contribution in [0.1, 0.15) is 13.3 Å². The number of nitrogens with zero attached hydrogens (tertiary/aromatic N) is 3. The van der Waals surface area contributed by atoms with E-state index in [2.05, 4.69) is 20.8 Å². The van der Waals surface area contributed by atoms with Gasteiger partial charge in [0.25, 0.3) is 0 Å². The molecule has 2 aromatic rings. The molecule has 2 rings (SSSR count). The fourth-order valence-corrected chi connectivity index (χ4v) is 3.16. The lowest BCUT2D eigenvalue weighted by molar-refractivity contribution is -0.117.